The number of aromatic hydroxyl groups is 1. The third-order valence-corrected chi connectivity index (χ3v) is 6.95. The molecule has 1 aliphatic rings. The number of carbonyl (C=O) groups excluding carboxylic acids is 1. The average molecular weight is 471 g/mol. The van der Waals surface area contributed by atoms with Crippen molar-refractivity contribution in [3.8, 4) is 16.9 Å². The maximum atomic E-state index is 13.0. The third kappa shape index (κ3) is 4.57. The van der Waals surface area contributed by atoms with E-state index in [1.54, 1.807) is 18.3 Å². The number of nitrogens with zero attached hydrogens (tertiary/aromatic N) is 1. The molecule has 32 heavy (non-hydrogen) atoms. The lowest BCUT2D eigenvalue weighted by Gasteiger charge is -2.29. The van der Waals surface area contributed by atoms with Crippen LogP contribution in [-0.4, -0.2) is 21.9 Å². The van der Waals surface area contributed by atoms with E-state index in [-0.39, 0.29) is 27.5 Å². The maximum Gasteiger partial charge on any atom is 0.169 e. The van der Waals surface area contributed by atoms with Crippen LogP contribution in [-0.2, 0) is 0 Å². The maximum absolute atomic E-state index is 13.0. The van der Waals surface area contributed by atoms with Crippen LogP contribution in [0.25, 0.3) is 22.0 Å². The fourth-order valence-corrected chi connectivity index (χ4v) is 4.85. The van der Waals surface area contributed by atoms with Crippen molar-refractivity contribution < 1.29 is 9.90 Å². The topological polar surface area (TPSA) is 62.2 Å². The lowest BCUT2D eigenvalue weighted by atomic mass is 9.87. The first-order valence-electron chi connectivity index (χ1n) is 11.2. The predicted molar refractivity (Wildman–Crippen MR) is 133 cm³/mol. The van der Waals surface area contributed by atoms with Crippen molar-refractivity contribution in [1.82, 2.24) is 4.98 Å². The second kappa shape index (κ2) is 9.29. The van der Waals surface area contributed by atoms with Crippen molar-refractivity contribution in [2.45, 2.75) is 52.5 Å². The van der Waals surface area contributed by atoms with Gasteiger partial charge in [0, 0.05) is 23.5 Å². The van der Waals surface area contributed by atoms with Crippen LogP contribution < -0.4 is 5.32 Å². The number of nitrogens with one attached hydrogen (secondary N) is 1. The Hall–Kier alpha value is -2.30. The van der Waals surface area contributed by atoms with Crippen molar-refractivity contribution in [3.63, 3.8) is 0 Å². The van der Waals surface area contributed by atoms with Gasteiger partial charge in [0.25, 0.3) is 0 Å². The molecule has 1 aromatic heterocycles. The molecule has 168 valence electrons. The van der Waals surface area contributed by atoms with E-state index in [4.69, 9.17) is 23.2 Å². The monoisotopic (exact) mass is 470 g/mol. The Kier molecular flexibility index (Phi) is 6.64. The molecule has 4 rings (SSSR count). The Balaban J connectivity index is 1.85. The summed E-state index contributed by atoms with van der Waals surface area (Å²) in [6.45, 7) is 6.12. The molecule has 0 bridgehead atoms. The Morgan fingerprint density at radius 1 is 1.06 bits per heavy atom. The summed E-state index contributed by atoms with van der Waals surface area (Å²) in [4.78, 5) is 17.6. The highest BCUT2D eigenvalue weighted by Crippen LogP contribution is 2.39. The van der Waals surface area contributed by atoms with Crippen molar-refractivity contribution in [1.29, 1.82) is 0 Å². The smallest absolute Gasteiger partial charge is 0.169 e. The standard InChI is InChI=1S/C26H28Cl2N2O2/c1-14(2)25(31)20-13-29-23-9-6-16(17-11-21(27)26(32)22(28)12-17)10-19(23)24(20)30-18-7-4-15(3)5-8-18/h6,9-15,18,32H,4-5,7-8H2,1-3H3,(H,29,30)/t15-,18-. The van der Waals surface area contributed by atoms with E-state index in [0.29, 0.717) is 11.6 Å². The zero-order valence-corrected chi connectivity index (χ0v) is 20.1. The predicted octanol–water partition coefficient (Wildman–Crippen LogP) is 7.74. The molecule has 6 heteroatoms. The number of phenolic OH excluding ortho intramolecular Hbond substituents is 1. The number of phenols is 1. The number of hydrogen-bond acceptors (Lipinski definition) is 4. The van der Waals surface area contributed by atoms with Crippen LogP contribution in [0.4, 0.5) is 5.69 Å². The molecule has 1 aliphatic carbocycles. The normalized spacial score (nSPS) is 18.8. The number of pyridine rings is 1. The van der Waals surface area contributed by atoms with Gasteiger partial charge in [-0.2, -0.15) is 0 Å². The van der Waals surface area contributed by atoms with Gasteiger partial charge < -0.3 is 10.4 Å². The fourth-order valence-electron chi connectivity index (χ4n) is 4.37. The van der Waals surface area contributed by atoms with Crippen molar-refractivity contribution >= 4 is 45.6 Å². The lowest BCUT2D eigenvalue weighted by Crippen LogP contribution is -2.26. The number of carbonyl (C=O) groups is 1. The minimum Gasteiger partial charge on any atom is -0.505 e. The number of fused-ring (bicyclic) bond motifs is 1. The molecular weight excluding hydrogens is 443 g/mol. The molecule has 2 N–H and O–H groups in total. The summed E-state index contributed by atoms with van der Waals surface area (Å²) >= 11 is 12.3. The van der Waals surface area contributed by atoms with Crippen LogP contribution in [0, 0.1) is 11.8 Å². The summed E-state index contributed by atoms with van der Waals surface area (Å²) < 4.78 is 0. The molecule has 0 amide bonds. The molecule has 1 heterocycles. The molecule has 0 spiro atoms. The number of ketones is 1. The number of rotatable bonds is 5. The van der Waals surface area contributed by atoms with Gasteiger partial charge in [-0.3, -0.25) is 9.78 Å². The molecule has 0 aliphatic heterocycles. The number of halogens is 2. The van der Waals surface area contributed by atoms with Crippen LogP contribution >= 0.6 is 23.2 Å². The van der Waals surface area contributed by atoms with E-state index in [2.05, 4.69) is 17.2 Å². The first kappa shape index (κ1) is 22.9. The second-order valence-electron chi connectivity index (χ2n) is 9.19. The number of hydrogen-bond donors (Lipinski definition) is 2. The molecule has 2 aromatic carbocycles. The Morgan fingerprint density at radius 3 is 2.34 bits per heavy atom. The van der Waals surface area contributed by atoms with Crippen LogP contribution in [0.2, 0.25) is 10.0 Å². The van der Waals surface area contributed by atoms with Crippen LogP contribution in [0.1, 0.15) is 56.8 Å². The highest BCUT2D eigenvalue weighted by Gasteiger charge is 2.23. The summed E-state index contributed by atoms with van der Waals surface area (Å²) in [5.41, 5.74) is 3.98. The second-order valence-corrected chi connectivity index (χ2v) is 10.0. The fraction of sp³-hybridized carbons (Fsp3) is 0.385. The Labute approximate surface area is 199 Å². The van der Waals surface area contributed by atoms with E-state index in [1.807, 2.05) is 32.0 Å². The number of benzene rings is 2. The van der Waals surface area contributed by atoms with Gasteiger partial charge in [-0.05, 0) is 67.0 Å². The quantitative estimate of drug-likeness (QED) is 0.374. The third-order valence-electron chi connectivity index (χ3n) is 6.37. The number of Topliss-reactive ketones (excluding diaryl/α,β-unsaturated/α-hetero) is 1. The molecule has 0 unspecified atom stereocenters. The van der Waals surface area contributed by atoms with Gasteiger partial charge in [0.2, 0.25) is 0 Å². The van der Waals surface area contributed by atoms with Gasteiger partial charge in [-0.25, -0.2) is 0 Å². The van der Waals surface area contributed by atoms with Crippen LogP contribution in [0.15, 0.2) is 36.5 Å². The molecule has 0 radical (unpaired) electrons. The Morgan fingerprint density at radius 2 is 1.72 bits per heavy atom. The van der Waals surface area contributed by atoms with Crippen molar-refractivity contribution in [3.05, 3.63) is 52.1 Å². The first-order chi connectivity index (χ1) is 15.2. The summed E-state index contributed by atoms with van der Waals surface area (Å²) in [5.74, 6) is 0.569. The van der Waals surface area contributed by atoms with E-state index >= 15 is 0 Å². The Bertz CT molecular complexity index is 1140. The molecule has 0 saturated heterocycles. The minimum absolute atomic E-state index is 0.0761. The number of anilines is 1. The highest BCUT2D eigenvalue weighted by molar-refractivity contribution is 6.37. The SMILES string of the molecule is CC(C)C(=O)c1cnc2ccc(-c3cc(Cl)c(O)c(Cl)c3)cc2c1N[C@H]1CC[C@H](C)CC1. The number of aromatic nitrogens is 1. The van der Waals surface area contributed by atoms with Gasteiger partial charge in [0.05, 0.1) is 26.8 Å². The largest absolute Gasteiger partial charge is 0.505 e. The molecule has 3 aromatic rings. The first-order valence-corrected chi connectivity index (χ1v) is 11.9. The molecule has 1 fully saturated rings. The summed E-state index contributed by atoms with van der Waals surface area (Å²) in [7, 11) is 0. The van der Waals surface area contributed by atoms with Gasteiger partial charge in [-0.15, -0.1) is 0 Å². The average Bonchev–Trinajstić information content (AvgIpc) is 2.78. The van der Waals surface area contributed by atoms with E-state index in [9.17, 15) is 9.90 Å². The van der Waals surface area contributed by atoms with E-state index in [0.717, 1.165) is 46.5 Å². The van der Waals surface area contributed by atoms with Gasteiger partial charge in [0.15, 0.2) is 11.5 Å². The highest BCUT2D eigenvalue weighted by atomic mass is 35.5. The van der Waals surface area contributed by atoms with E-state index < -0.39 is 0 Å². The van der Waals surface area contributed by atoms with Crippen LogP contribution in [0.5, 0.6) is 5.75 Å². The van der Waals surface area contributed by atoms with Gasteiger partial charge in [-0.1, -0.05) is 50.0 Å². The molecule has 4 nitrogen and oxygen atoms in total. The van der Waals surface area contributed by atoms with E-state index in [1.165, 1.54) is 12.8 Å². The molecule has 0 atom stereocenters. The molecular formula is C26H28Cl2N2O2. The zero-order chi connectivity index (χ0) is 23.0. The van der Waals surface area contributed by atoms with Crippen LogP contribution in [0.3, 0.4) is 0 Å². The molecule has 1 saturated carbocycles. The minimum atomic E-state index is -0.127. The summed E-state index contributed by atoms with van der Waals surface area (Å²) in [6.07, 6.45) is 6.24. The summed E-state index contributed by atoms with van der Waals surface area (Å²) in [6, 6.07) is 9.62. The zero-order valence-electron chi connectivity index (χ0n) is 18.6. The summed E-state index contributed by atoms with van der Waals surface area (Å²) in [5, 5.41) is 14.9. The van der Waals surface area contributed by atoms with Gasteiger partial charge >= 0.3 is 0 Å². The lowest BCUT2D eigenvalue weighted by molar-refractivity contribution is 0.0940. The van der Waals surface area contributed by atoms with Crippen molar-refractivity contribution in [2.75, 3.05) is 5.32 Å². The van der Waals surface area contributed by atoms with Crippen molar-refractivity contribution in [2.24, 2.45) is 11.8 Å². The van der Waals surface area contributed by atoms with Gasteiger partial charge in [0.1, 0.15) is 0 Å².